The molecule has 2 N–H and O–H groups in total. The number of anilines is 1. The average molecular weight is 347 g/mol. The number of fused-ring (bicyclic) bond motifs is 1. The van der Waals surface area contributed by atoms with E-state index in [0.717, 1.165) is 28.1 Å². The molecule has 1 aromatic carbocycles. The van der Waals surface area contributed by atoms with Crippen LogP contribution in [0.15, 0.2) is 36.7 Å². The molecule has 4 rings (SSSR count). The van der Waals surface area contributed by atoms with E-state index in [1.54, 1.807) is 18.0 Å². The van der Waals surface area contributed by atoms with Crippen LogP contribution in [0.25, 0.3) is 16.8 Å². The minimum atomic E-state index is 0.244. The van der Waals surface area contributed by atoms with Crippen molar-refractivity contribution in [2.45, 2.75) is 13.0 Å². The van der Waals surface area contributed by atoms with Crippen LogP contribution in [0, 0.1) is 11.3 Å². The van der Waals surface area contributed by atoms with E-state index in [9.17, 15) is 5.26 Å². The highest BCUT2D eigenvalue weighted by Crippen LogP contribution is 2.35. The number of nitriles is 1. The second-order valence-electron chi connectivity index (χ2n) is 5.93. The Hall–Kier alpha value is -3.37. The normalized spacial score (nSPS) is 13.1. The highest BCUT2D eigenvalue weighted by molar-refractivity contribution is 5.78. The van der Waals surface area contributed by atoms with Crippen molar-refractivity contribution < 1.29 is 9.47 Å². The summed E-state index contributed by atoms with van der Waals surface area (Å²) in [6.07, 6.45) is 4.26. The molecule has 0 fully saturated rings. The molecule has 26 heavy (non-hydrogen) atoms. The molecule has 0 unspecified atom stereocenters. The standard InChI is InChI=1S/C19H17N5O2/c1-25-17-5-3-2-4-16(17)24-10-12(9-22-24)18-13(8-20)19(21)23-15-6-7-26-11-14(15)18/h2-5,9-10H,6-7,11H2,1H3,(H2,21,23). The van der Waals surface area contributed by atoms with Crippen LogP contribution in [0.2, 0.25) is 0 Å². The molecule has 0 saturated carbocycles. The van der Waals surface area contributed by atoms with E-state index in [1.165, 1.54) is 0 Å². The molecule has 0 radical (unpaired) electrons. The Labute approximate surface area is 150 Å². The summed E-state index contributed by atoms with van der Waals surface area (Å²) in [7, 11) is 1.62. The summed E-state index contributed by atoms with van der Waals surface area (Å²) in [4.78, 5) is 4.39. The zero-order valence-electron chi connectivity index (χ0n) is 14.3. The fraction of sp³-hybridized carbons (Fsp3) is 0.211. The Morgan fingerprint density at radius 3 is 3.00 bits per heavy atom. The first kappa shape index (κ1) is 16.1. The smallest absolute Gasteiger partial charge is 0.144 e. The number of rotatable bonds is 3. The quantitative estimate of drug-likeness (QED) is 0.781. The number of pyridine rings is 1. The Kier molecular flexibility index (Phi) is 4.03. The van der Waals surface area contributed by atoms with Crippen molar-refractivity contribution in [3.05, 3.63) is 53.5 Å². The van der Waals surface area contributed by atoms with Crippen LogP contribution in [-0.4, -0.2) is 28.5 Å². The molecule has 7 heteroatoms. The van der Waals surface area contributed by atoms with Gasteiger partial charge in [0.1, 0.15) is 28.9 Å². The Morgan fingerprint density at radius 2 is 2.19 bits per heavy atom. The molecule has 0 spiro atoms. The molecule has 3 aromatic rings. The summed E-state index contributed by atoms with van der Waals surface area (Å²) in [6.45, 7) is 1.01. The van der Waals surface area contributed by atoms with Crippen LogP contribution in [0.5, 0.6) is 5.75 Å². The zero-order valence-corrected chi connectivity index (χ0v) is 14.3. The molecule has 130 valence electrons. The molecule has 2 aromatic heterocycles. The highest BCUT2D eigenvalue weighted by Gasteiger charge is 2.23. The van der Waals surface area contributed by atoms with E-state index in [4.69, 9.17) is 15.2 Å². The van der Waals surface area contributed by atoms with Crippen molar-refractivity contribution in [3.8, 4) is 28.6 Å². The number of hydrogen-bond donors (Lipinski definition) is 1. The molecular formula is C19H17N5O2. The Balaban J connectivity index is 1.89. The number of nitrogens with zero attached hydrogens (tertiary/aromatic N) is 4. The van der Waals surface area contributed by atoms with Crippen molar-refractivity contribution in [3.63, 3.8) is 0 Å². The summed E-state index contributed by atoms with van der Waals surface area (Å²) in [5.41, 5.74) is 10.5. The van der Waals surface area contributed by atoms with Gasteiger partial charge in [-0.05, 0) is 12.1 Å². The summed E-state index contributed by atoms with van der Waals surface area (Å²) < 4.78 is 12.7. The van der Waals surface area contributed by atoms with E-state index in [1.807, 2.05) is 30.5 Å². The zero-order chi connectivity index (χ0) is 18.1. The third-order valence-electron chi connectivity index (χ3n) is 4.46. The van der Waals surface area contributed by atoms with Gasteiger partial charge >= 0.3 is 0 Å². The predicted molar refractivity (Wildman–Crippen MR) is 95.8 cm³/mol. The lowest BCUT2D eigenvalue weighted by Gasteiger charge is -2.20. The third kappa shape index (κ3) is 2.57. The van der Waals surface area contributed by atoms with E-state index in [0.29, 0.717) is 30.9 Å². The minimum absolute atomic E-state index is 0.244. The first-order valence-corrected chi connectivity index (χ1v) is 8.20. The molecule has 0 saturated heterocycles. The van der Waals surface area contributed by atoms with Crippen LogP contribution >= 0.6 is 0 Å². The van der Waals surface area contributed by atoms with Gasteiger partial charge in [-0.3, -0.25) is 0 Å². The van der Waals surface area contributed by atoms with Gasteiger partial charge in [0, 0.05) is 29.3 Å². The number of nitrogens with two attached hydrogens (primary N) is 1. The molecular weight excluding hydrogens is 330 g/mol. The first-order valence-electron chi connectivity index (χ1n) is 8.20. The van der Waals surface area contributed by atoms with Gasteiger partial charge in [-0.15, -0.1) is 0 Å². The molecule has 1 aliphatic rings. The summed E-state index contributed by atoms with van der Waals surface area (Å²) >= 11 is 0. The number of nitrogen functional groups attached to an aromatic ring is 1. The topological polar surface area (TPSA) is 99.0 Å². The molecule has 0 amide bonds. The van der Waals surface area contributed by atoms with Gasteiger partial charge in [0.05, 0.1) is 32.2 Å². The van der Waals surface area contributed by atoms with Crippen LogP contribution in [0.4, 0.5) is 5.82 Å². The van der Waals surface area contributed by atoms with Crippen molar-refractivity contribution in [1.29, 1.82) is 5.26 Å². The van der Waals surface area contributed by atoms with Crippen molar-refractivity contribution in [2.24, 2.45) is 0 Å². The van der Waals surface area contributed by atoms with Gasteiger partial charge in [0.2, 0.25) is 0 Å². The second kappa shape index (κ2) is 6.50. The number of aromatic nitrogens is 3. The highest BCUT2D eigenvalue weighted by atomic mass is 16.5. The van der Waals surface area contributed by atoms with Crippen LogP contribution < -0.4 is 10.5 Å². The van der Waals surface area contributed by atoms with E-state index < -0.39 is 0 Å². The Bertz CT molecular complexity index is 1020. The summed E-state index contributed by atoms with van der Waals surface area (Å²) in [5.74, 6) is 0.954. The molecule has 0 atom stereocenters. The van der Waals surface area contributed by atoms with Gasteiger partial charge in [-0.25, -0.2) is 9.67 Å². The second-order valence-corrected chi connectivity index (χ2v) is 5.93. The van der Waals surface area contributed by atoms with Gasteiger partial charge in [-0.1, -0.05) is 12.1 Å². The lowest BCUT2D eigenvalue weighted by atomic mass is 9.94. The monoisotopic (exact) mass is 347 g/mol. The van der Waals surface area contributed by atoms with Gasteiger partial charge in [-0.2, -0.15) is 10.4 Å². The van der Waals surface area contributed by atoms with Crippen molar-refractivity contribution in [1.82, 2.24) is 14.8 Å². The maximum absolute atomic E-state index is 9.61. The van der Waals surface area contributed by atoms with E-state index in [-0.39, 0.29) is 5.82 Å². The average Bonchev–Trinajstić information content (AvgIpc) is 3.16. The number of methoxy groups -OCH3 is 1. The largest absolute Gasteiger partial charge is 0.494 e. The minimum Gasteiger partial charge on any atom is -0.494 e. The van der Waals surface area contributed by atoms with E-state index >= 15 is 0 Å². The van der Waals surface area contributed by atoms with Crippen molar-refractivity contribution in [2.75, 3.05) is 19.5 Å². The molecule has 3 heterocycles. The number of para-hydroxylation sites is 2. The predicted octanol–water partition coefficient (Wildman–Crippen LogP) is 2.47. The maximum atomic E-state index is 9.61. The number of benzene rings is 1. The first-order chi connectivity index (χ1) is 12.7. The third-order valence-corrected chi connectivity index (χ3v) is 4.46. The fourth-order valence-electron chi connectivity index (χ4n) is 3.23. The molecule has 7 nitrogen and oxygen atoms in total. The van der Waals surface area contributed by atoms with Gasteiger partial charge in [0.25, 0.3) is 0 Å². The SMILES string of the molecule is COc1ccccc1-n1cc(-c2c(C#N)c(N)nc3c2COCC3)cn1. The van der Waals surface area contributed by atoms with Crippen LogP contribution in [-0.2, 0) is 17.8 Å². The summed E-state index contributed by atoms with van der Waals surface area (Å²) in [5, 5.41) is 14.1. The number of ether oxygens (including phenoxy) is 2. The van der Waals surface area contributed by atoms with Crippen molar-refractivity contribution >= 4 is 5.82 Å². The maximum Gasteiger partial charge on any atom is 0.144 e. The Morgan fingerprint density at radius 1 is 1.35 bits per heavy atom. The lowest BCUT2D eigenvalue weighted by molar-refractivity contribution is 0.109. The lowest BCUT2D eigenvalue weighted by Crippen LogP contribution is -2.15. The molecule has 1 aliphatic heterocycles. The summed E-state index contributed by atoms with van der Waals surface area (Å²) in [6, 6.07) is 9.79. The van der Waals surface area contributed by atoms with E-state index in [2.05, 4.69) is 16.2 Å². The number of hydrogen-bond acceptors (Lipinski definition) is 6. The van der Waals surface area contributed by atoms with Gasteiger partial charge in [0.15, 0.2) is 0 Å². The molecule has 0 aliphatic carbocycles. The van der Waals surface area contributed by atoms with Gasteiger partial charge < -0.3 is 15.2 Å². The van der Waals surface area contributed by atoms with Crippen LogP contribution in [0.3, 0.4) is 0 Å². The van der Waals surface area contributed by atoms with Crippen LogP contribution in [0.1, 0.15) is 16.8 Å². The molecule has 0 bridgehead atoms. The fourth-order valence-corrected chi connectivity index (χ4v) is 3.23.